The summed E-state index contributed by atoms with van der Waals surface area (Å²) in [5, 5.41) is 0. The molecule has 0 aromatic heterocycles. The van der Waals surface area contributed by atoms with E-state index in [1.807, 2.05) is 6.07 Å². The van der Waals surface area contributed by atoms with Crippen molar-refractivity contribution in [3.05, 3.63) is 30.3 Å². The van der Waals surface area contributed by atoms with Crippen LogP contribution < -0.4 is 55.8 Å². The van der Waals surface area contributed by atoms with E-state index in [4.69, 9.17) is 4.19 Å². The molecule has 10 heavy (non-hydrogen) atoms. The maximum atomic E-state index is 10.4. The average molecular weight is 229 g/mol. The third-order valence-electron chi connectivity index (χ3n) is 0.945. The van der Waals surface area contributed by atoms with E-state index >= 15 is 0 Å². The first kappa shape index (κ1) is 11.1. The molecular weight excluding hydrogens is 222 g/mol. The van der Waals surface area contributed by atoms with Crippen molar-refractivity contribution in [3.63, 3.8) is 0 Å². The van der Waals surface area contributed by atoms with Crippen molar-refractivity contribution in [2.24, 2.45) is 0 Å². The van der Waals surface area contributed by atoms with Gasteiger partial charge in [0.1, 0.15) is 0 Å². The maximum Gasteiger partial charge on any atom is 1.00 e. The smallest absolute Gasteiger partial charge is 1.00 e. The standard InChI is InChI=1S/C6H6O2Se.K.H/c7-9(8)6-4-2-1-3-5-6;;/h1-5H,(H,7,8);;/q;+1;-1. The van der Waals surface area contributed by atoms with Gasteiger partial charge in [0.15, 0.2) is 0 Å². The Morgan fingerprint density at radius 1 is 1.30 bits per heavy atom. The molecule has 0 bridgehead atoms. The second-order valence-electron chi connectivity index (χ2n) is 1.56. The predicted octanol–water partition coefficient (Wildman–Crippen LogP) is -3.08. The van der Waals surface area contributed by atoms with E-state index < -0.39 is 14.2 Å². The minimum absolute atomic E-state index is 0. The van der Waals surface area contributed by atoms with Crippen LogP contribution in [0, 0.1) is 0 Å². The summed E-state index contributed by atoms with van der Waals surface area (Å²) in [4.78, 5) is 0. The summed E-state index contributed by atoms with van der Waals surface area (Å²) < 4.78 is 19.5. The van der Waals surface area contributed by atoms with Crippen LogP contribution in [-0.2, 0) is 3.83 Å². The summed E-state index contributed by atoms with van der Waals surface area (Å²) in [5.41, 5.74) is 0. The molecule has 0 radical (unpaired) electrons. The van der Waals surface area contributed by atoms with Crippen molar-refractivity contribution in [2.75, 3.05) is 0 Å². The van der Waals surface area contributed by atoms with Crippen molar-refractivity contribution in [1.29, 1.82) is 0 Å². The molecule has 0 fully saturated rings. The molecule has 1 rings (SSSR count). The Bertz CT molecular complexity index is 217. The van der Waals surface area contributed by atoms with Crippen LogP contribution in [0.1, 0.15) is 1.43 Å². The minimum atomic E-state index is -2.66. The van der Waals surface area contributed by atoms with Crippen LogP contribution in [0.5, 0.6) is 0 Å². The third-order valence-corrected chi connectivity index (χ3v) is 2.36. The van der Waals surface area contributed by atoms with Crippen LogP contribution >= 0.6 is 0 Å². The van der Waals surface area contributed by atoms with Crippen LogP contribution in [0.25, 0.3) is 0 Å². The van der Waals surface area contributed by atoms with Crippen molar-refractivity contribution in [3.8, 4) is 0 Å². The summed E-state index contributed by atoms with van der Waals surface area (Å²) in [6, 6.07) is 8.62. The van der Waals surface area contributed by atoms with Crippen LogP contribution in [0.4, 0.5) is 0 Å². The van der Waals surface area contributed by atoms with Gasteiger partial charge in [-0.25, -0.2) is 0 Å². The van der Waals surface area contributed by atoms with E-state index in [-0.39, 0.29) is 52.8 Å². The first-order valence-corrected chi connectivity index (χ1v) is 4.79. The van der Waals surface area contributed by atoms with Gasteiger partial charge in [-0.1, -0.05) is 0 Å². The zero-order valence-corrected chi connectivity index (χ0v) is 10.5. The van der Waals surface area contributed by atoms with Gasteiger partial charge < -0.3 is 1.43 Å². The minimum Gasteiger partial charge on any atom is -1.00 e. The molecular formula is C6H7KO2Se. The molecule has 0 saturated heterocycles. The van der Waals surface area contributed by atoms with Crippen LogP contribution in [0.15, 0.2) is 30.3 Å². The molecule has 0 heterocycles. The molecule has 2 nitrogen and oxygen atoms in total. The van der Waals surface area contributed by atoms with Gasteiger partial charge in [-0.3, -0.25) is 0 Å². The maximum absolute atomic E-state index is 10.4. The second-order valence-corrected chi connectivity index (χ2v) is 3.60. The first-order valence-electron chi connectivity index (χ1n) is 2.46. The SMILES string of the molecule is O=[Se](O)c1ccccc1.[H-].[K+]. The fourth-order valence-corrected chi connectivity index (χ4v) is 1.36. The quantitative estimate of drug-likeness (QED) is 0.519. The van der Waals surface area contributed by atoms with Crippen LogP contribution in [-0.4, -0.2) is 18.4 Å². The molecule has 50 valence electrons. The molecule has 1 unspecified atom stereocenters. The molecule has 1 atom stereocenters. The van der Waals surface area contributed by atoms with E-state index in [0.29, 0.717) is 4.46 Å². The van der Waals surface area contributed by atoms with E-state index in [0.717, 1.165) is 0 Å². The van der Waals surface area contributed by atoms with E-state index in [2.05, 4.69) is 0 Å². The van der Waals surface area contributed by atoms with Gasteiger partial charge in [-0.05, 0) is 0 Å². The summed E-state index contributed by atoms with van der Waals surface area (Å²) in [5.74, 6) is 0. The second kappa shape index (κ2) is 5.74. The van der Waals surface area contributed by atoms with E-state index in [1.54, 1.807) is 24.3 Å². The normalized spacial score (nSPS) is 11.7. The monoisotopic (exact) mass is 230 g/mol. The Balaban J connectivity index is 0. The molecule has 1 aromatic rings. The van der Waals surface area contributed by atoms with Gasteiger partial charge in [0.2, 0.25) is 0 Å². The third kappa shape index (κ3) is 3.50. The first-order chi connectivity index (χ1) is 4.30. The molecule has 0 spiro atoms. The summed E-state index contributed by atoms with van der Waals surface area (Å²) in [6.07, 6.45) is 0. The fraction of sp³-hybridized carbons (Fsp3) is 0. The van der Waals surface area contributed by atoms with Gasteiger partial charge in [-0.2, -0.15) is 0 Å². The Kier molecular flexibility index (Phi) is 6.40. The molecule has 1 aromatic carbocycles. The Labute approximate surface area is 108 Å². The zero-order chi connectivity index (χ0) is 6.69. The fourth-order valence-electron chi connectivity index (χ4n) is 0.537. The van der Waals surface area contributed by atoms with Gasteiger partial charge in [0.05, 0.1) is 0 Å². The number of rotatable bonds is 1. The van der Waals surface area contributed by atoms with E-state index in [9.17, 15) is 3.83 Å². The van der Waals surface area contributed by atoms with Gasteiger partial charge in [-0.15, -0.1) is 0 Å². The van der Waals surface area contributed by atoms with Crippen molar-refractivity contribution < 1.29 is 60.8 Å². The summed E-state index contributed by atoms with van der Waals surface area (Å²) in [6.45, 7) is 0. The predicted molar refractivity (Wildman–Crippen MR) is 35.8 cm³/mol. The number of hydrogen-bond acceptors (Lipinski definition) is 1. The Morgan fingerprint density at radius 3 is 2.10 bits per heavy atom. The molecule has 1 N–H and O–H groups in total. The Hall–Kier alpha value is 1.14. The van der Waals surface area contributed by atoms with Crippen molar-refractivity contribution in [2.45, 2.75) is 0 Å². The van der Waals surface area contributed by atoms with Crippen molar-refractivity contribution in [1.82, 2.24) is 0 Å². The van der Waals surface area contributed by atoms with Gasteiger partial charge in [0.25, 0.3) is 0 Å². The molecule has 0 amide bonds. The largest absolute Gasteiger partial charge is 1.00 e. The molecule has 0 aliphatic heterocycles. The molecule has 0 aliphatic carbocycles. The topological polar surface area (TPSA) is 37.3 Å². The average Bonchev–Trinajstić information content (AvgIpc) is 1.90. The van der Waals surface area contributed by atoms with E-state index in [1.165, 1.54) is 0 Å². The summed E-state index contributed by atoms with van der Waals surface area (Å²) in [7, 11) is 0. The van der Waals surface area contributed by atoms with Crippen LogP contribution in [0.2, 0.25) is 0 Å². The summed E-state index contributed by atoms with van der Waals surface area (Å²) >= 11 is -2.66. The molecule has 0 saturated carbocycles. The van der Waals surface area contributed by atoms with Gasteiger partial charge in [0, 0.05) is 0 Å². The Morgan fingerprint density at radius 2 is 1.80 bits per heavy atom. The van der Waals surface area contributed by atoms with Crippen LogP contribution in [0.3, 0.4) is 0 Å². The number of benzene rings is 1. The molecule has 4 heteroatoms. The van der Waals surface area contributed by atoms with Crippen molar-refractivity contribution >= 4 is 18.6 Å². The zero-order valence-electron chi connectivity index (χ0n) is 6.65. The number of hydrogen-bond donors (Lipinski definition) is 1. The van der Waals surface area contributed by atoms with Gasteiger partial charge >= 0.3 is 108 Å². The molecule has 0 aliphatic rings.